The Bertz CT molecular complexity index is 453. The molecule has 0 radical (unpaired) electrons. The first-order valence-corrected chi connectivity index (χ1v) is 9.95. The first kappa shape index (κ1) is 23.5. The maximum atomic E-state index is 11.8. The molecule has 0 aromatic heterocycles. The molecule has 0 aromatic carbocycles. The van der Waals surface area contributed by atoms with E-state index in [4.69, 9.17) is 4.74 Å². The van der Waals surface area contributed by atoms with E-state index in [1.165, 1.54) is 25.7 Å². The molecule has 2 rings (SSSR count). The molecule has 1 atom stereocenters. The number of rotatable bonds is 8. The van der Waals surface area contributed by atoms with Crippen LogP contribution in [-0.2, 0) is 9.53 Å². The van der Waals surface area contributed by atoms with Gasteiger partial charge in [0.2, 0.25) is 5.91 Å². The molecule has 7 heteroatoms. The van der Waals surface area contributed by atoms with Gasteiger partial charge in [-0.05, 0) is 38.0 Å². The zero-order valence-electron chi connectivity index (χ0n) is 16.7. The fourth-order valence-electron chi connectivity index (χ4n) is 4.06. The summed E-state index contributed by atoms with van der Waals surface area (Å²) in [6.45, 7) is 8.20. The minimum absolute atomic E-state index is 0. The molecule has 152 valence electrons. The average Bonchev–Trinajstić information content (AvgIpc) is 3.28. The molecular weight excluding hydrogens is 443 g/mol. The van der Waals surface area contributed by atoms with Gasteiger partial charge in [0.1, 0.15) is 0 Å². The summed E-state index contributed by atoms with van der Waals surface area (Å²) in [7, 11) is 1.82. The lowest BCUT2D eigenvalue weighted by Gasteiger charge is -2.30. The summed E-state index contributed by atoms with van der Waals surface area (Å²) in [6.07, 6.45) is 7.86. The summed E-state index contributed by atoms with van der Waals surface area (Å²) >= 11 is 0. The molecule has 26 heavy (non-hydrogen) atoms. The van der Waals surface area contributed by atoms with E-state index in [-0.39, 0.29) is 29.9 Å². The van der Waals surface area contributed by atoms with Crippen molar-refractivity contribution in [1.82, 2.24) is 15.5 Å². The molecule has 2 fully saturated rings. The Morgan fingerprint density at radius 3 is 2.65 bits per heavy atom. The predicted octanol–water partition coefficient (Wildman–Crippen LogP) is 2.77. The van der Waals surface area contributed by atoms with Crippen LogP contribution in [0.25, 0.3) is 0 Å². The van der Waals surface area contributed by atoms with Crippen molar-refractivity contribution in [1.29, 1.82) is 0 Å². The minimum atomic E-state index is 0. The van der Waals surface area contributed by atoms with Crippen molar-refractivity contribution in [3.05, 3.63) is 0 Å². The summed E-state index contributed by atoms with van der Waals surface area (Å²) in [5.74, 6) is 1.10. The highest BCUT2D eigenvalue weighted by Gasteiger charge is 2.34. The van der Waals surface area contributed by atoms with Crippen LogP contribution >= 0.6 is 24.0 Å². The molecular formula is C19H37IN4O2. The number of ether oxygens (including phenoxy) is 1. The van der Waals surface area contributed by atoms with Gasteiger partial charge in [0.25, 0.3) is 0 Å². The summed E-state index contributed by atoms with van der Waals surface area (Å²) in [4.78, 5) is 18.2. The Morgan fingerprint density at radius 2 is 2.04 bits per heavy atom. The van der Waals surface area contributed by atoms with Crippen molar-refractivity contribution in [2.24, 2.45) is 10.4 Å². The molecule has 1 heterocycles. The van der Waals surface area contributed by atoms with Gasteiger partial charge in [-0.1, -0.05) is 19.8 Å². The van der Waals surface area contributed by atoms with Crippen LogP contribution < -0.4 is 10.6 Å². The van der Waals surface area contributed by atoms with E-state index in [1.54, 1.807) is 0 Å². The molecule has 2 N–H and O–H groups in total. The number of amides is 1. The fraction of sp³-hybridized carbons (Fsp3) is 0.895. The molecule has 1 saturated carbocycles. The number of nitrogens with one attached hydrogen (secondary N) is 2. The summed E-state index contributed by atoms with van der Waals surface area (Å²) in [6, 6.07) is 0.296. The van der Waals surface area contributed by atoms with Crippen LogP contribution in [-0.4, -0.2) is 62.7 Å². The van der Waals surface area contributed by atoms with Crippen LogP contribution in [0.4, 0.5) is 0 Å². The summed E-state index contributed by atoms with van der Waals surface area (Å²) < 4.78 is 5.59. The van der Waals surface area contributed by atoms with Gasteiger partial charge < -0.3 is 20.3 Å². The number of guanidine groups is 1. The second-order valence-corrected chi connectivity index (χ2v) is 7.40. The van der Waals surface area contributed by atoms with E-state index in [9.17, 15) is 4.79 Å². The third kappa shape index (κ3) is 6.87. The second-order valence-electron chi connectivity index (χ2n) is 7.40. The molecule has 0 spiro atoms. The zero-order valence-corrected chi connectivity index (χ0v) is 19.0. The topological polar surface area (TPSA) is 66.0 Å². The van der Waals surface area contributed by atoms with E-state index in [0.717, 1.165) is 51.6 Å². The smallest absolute Gasteiger partial charge is 0.222 e. The van der Waals surface area contributed by atoms with Gasteiger partial charge in [-0.25, -0.2) is 0 Å². The zero-order chi connectivity index (χ0) is 18.1. The van der Waals surface area contributed by atoms with Crippen molar-refractivity contribution >= 4 is 35.8 Å². The summed E-state index contributed by atoms with van der Waals surface area (Å²) in [5, 5.41) is 7.04. The van der Waals surface area contributed by atoms with Crippen LogP contribution in [0.3, 0.4) is 0 Å². The van der Waals surface area contributed by atoms with Gasteiger partial charge >= 0.3 is 0 Å². The third-order valence-electron chi connectivity index (χ3n) is 5.68. The van der Waals surface area contributed by atoms with Gasteiger partial charge in [0.05, 0.1) is 0 Å². The minimum Gasteiger partial charge on any atom is -0.382 e. The molecule has 0 bridgehead atoms. The lowest BCUT2D eigenvalue weighted by atomic mass is 9.83. The number of aliphatic imine (C=N–C) groups is 1. The molecule has 1 amide bonds. The van der Waals surface area contributed by atoms with Gasteiger partial charge in [-0.15, -0.1) is 24.0 Å². The SMILES string of the molecule is CCOCCC1(CNC(=NC)NC2CCN(C(=O)CC)C2)CCCC1.I. The number of likely N-dealkylation sites (tertiary alicyclic amines) is 1. The maximum Gasteiger partial charge on any atom is 0.222 e. The van der Waals surface area contributed by atoms with Crippen molar-refractivity contribution < 1.29 is 9.53 Å². The van der Waals surface area contributed by atoms with Crippen LogP contribution in [0.5, 0.6) is 0 Å². The Labute approximate surface area is 175 Å². The van der Waals surface area contributed by atoms with Gasteiger partial charge in [-0.2, -0.15) is 0 Å². The maximum absolute atomic E-state index is 11.8. The first-order valence-electron chi connectivity index (χ1n) is 9.95. The monoisotopic (exact) mass is 480 g/mol. The normalized spacial score (nSPS) is 22.2. The Kier molecular flexibility index (Phi) is 10.8. The Morgan fingerprint density at radius 1 is 1.31 bits per heavy atom. The van der Waals surface area contributed by atoms with E-state index in [1.807, 2.05) is 18.9 Å². The largest absolute Gasteiger partial charge is 0.382 e. The molecule has 1 saturated heterocycles. The van der Waals surface area contributed by atoms with E-state index in [2.05, 4.69) is 22.5 Å². The predicted molar refractivity (Wildman–Crippen MR) is 117 cm³/mol. The lowest BCUT2D eigenvalue weighted by molar-refractivity contribution is -0.129. The van der Waals surface area contributed by atoms with Crippen LogP contribution in [0, 0.1) is 5.41 Å². The van der Waals surface area contributed by atoms with Crippen molar-refractivity contribution in [3.63, 3.8) is 0 Å². The average molecular weight is 480 g/mol. The van der Waals surface area contributed by atoms with E-state index in [0.29, 0.717) is 17.9 Å². The van der Waals surface area contributed by atoms with E-state index < -0.39 is 0 Å². The molecule has 6 nitrogen and oxygen atoms in total. The molecule has 1 aliphatic heterocycles. The van der Waals surface area contributed by atoms with Crippen molar-refractivity contribution in [3.8, 4) is 0 Å². The standard InChI is InChI=1S/C19H36N4O2.HI/c1-4-17(24)23-12-8-16(14-23)22-18(20-3)21-15-19(9-6-7-10-19)11-13-25-5-2;/h16H,4-15H2,1-3H3,(H2,20,21,22);1H. The quantitative estimate of drug-likeness (QED) is 0.243. The number of halogens is 1. The van der Waals surface area contributed by atoms with Gasteiger partial charge in [0, 0.05) is 52.4 Å². The van der Waals surface area contributed by atoms with Crippen LogP contribution in [0.1, 0.15) is 58.8 Å². The highest BCUT2D eigenvalue weighted by molar-refractivity contribution is 14.0. The lowest BCUT2D eigenvalue weighted by Crippen LogP contribution is -2.48. The Hall–Kier alpha value is -0.570. The number of hydrogen-bond donors (Lipinski definition) is 2. The molecule has 1 unspecified atom stereocenters. The second kappa shape index (κ2) is 12.0. The number of nitrogens with zero attached hydrogens (tertiary/aromatic N) is 2. The van der Waals surface area contributed by atoms with Crippen LogP contribution in [0.15, 0.2) is 4.99 Å². The van der Waals surface area contributed by atoms with E-state index >= 15 is 0 Å². The van der Waals surface area contributed by atoms with Crippen LogP contribution in [0.2, 0.25) is 0 Å². The number of hydrogen-bond acceptors (Lipinski definition) is 3. The molecule has 1 aliphatic carbocycles. The molecule has 2 aliphatic rings. The highest BCUT2D eigenvalue weighted by atomic mass is 127. The first-order chi connectivity index (χ1) is 12.1. The fourth-order valence-corrected chi connectivity index (χ4v) is 4.06. The summed E-state index contributed by atoms with van der Waals surface area (Å²) in [5.41, 5.74) is 0.340. The Balaban J connectivity index is 0.00000338. The number of carbonyl (C=O) groups is 1. The third-order valence-corrected chi connectivity index (χ3v) is 5.68. The van der Waals surface area contributed by atoms with Gasteiger partial charge in [0.15, 0.2) is 5.96 Å². The number of carbonyl (C=O) groups excluding carboxylic acids is 1. The molecule has 0 aromatic rings. The van der Waals surface area contributed by atoms with Gasteiger partial charge in [-0.3, -0.25) is 9.79 Å². The highest BCUT2D eigenvalue weighted by Crippen LogP contribution is 2.40. The van der Waals surface area contributed by atoms with Crippen molar-refractivity contribution in [2.45, 2.75) is 64.8 Å². The van der Waals surface area contributed by atoms with Crippen molar-refractivity contribution in [2.75, 3.05) is 39.9 Å².